The van der Waals surface area contributed by atoms with Crippen molar-refractivity contribution in [2.45, 2.75) is 37.2 Å². The lowest BCUT2D eigenvalue weighted by Crippen LogP contribution is -2.43. The fourth-order valence-electron chi connectivity index (χ4n) is 3.25. The Kier molecular flexibility index (Phi) is 7.32. The van der Waals surface area contributed by atoms with Gasteiger partial charge in [-0.3, -0.25) is 9.52 Å². The molecule has 1 N–H and O–H groups in total. The molecule has 0 spiro atoms. The smallest absolute Gasteiger partial charge is 0.261 e. The first-order valence-corrected chi connectivity index (χ1v) is 12.0. The molecule has 1 heterocycles. The number of rotatable bonds is 7. The van der Waals surface area contributed by atoms with Gasteiger partial charge in [0.25, 0.3) is 15.9 Å². The molecule has 1 unspecified atom stereocenters. The molecule has 8 heteroatoms. The van der Waals surface area contributed by atoms with Gasteiger partial charge in [-0.25, -0.2) is 8.42 Å². The Morgan fingerprint density at radius 3 is 2.72 bits per heavy atom. The van der Waals surface area contributed by atoms with E-state index >= 15 is 0 Å². The molecule has 0 aromatic heterocycles. The van der Waals surface area contributed by atoms with Crippen molar-refractivity contribution in [1.29, 1.82) is 0 Å². The van der Waals surface area contributed by atoms with E-state index in [0.717, 1.165) is 23.7 Å². The fourth-order valence-corrected chi connectivity index (χ4v) is 4.62. The molecule has 0 saturated carbocycles. The van der Waals surface area contributed by atoms with Gasteiger partial charge in [0, 0.05) is 35.4 Å². The highest BCUT2D eigenvalue weighted by atomic mass is 79.9. The molecule has 2 aromatic carbocycles. The number of ether oxygens (including phenoxy) is 1. The standard InChI is InChI=1S/C21H25BrN2O4S/c1-2-13-28-19-6-4-12-24(15-19)21(25)16-5-3-7-20(14-16)29(26,27)23-18-10-8-17(22)9-11-18/h3,5,7-11,14,19,23H,2,4,6,12-13,15H2,1H3. The topological polar surface area (TPSA) is 75.7 Å². The molecule has 1 atom stereocenters. The lowest BCUT2D eigenvalue weighted by Gasteiger charge is -2.32. The van der Waals surface area contributed by atoms with E-state index in [1.54, 1.807) is 41.3 Å². The van der Waals surface area contributed by atoms with Crippen molar-refractivity contribution in [3.8, 4) is 0 Å². The summed E-state index contributed by atoms with van der Waals surface area (Å²) in [5.41, 5.74) is 0.816. The summed E-state index contributed by atoms with van der Waals surface area (Å²) in [5, 5.41) is 0. The largest absolute Gasteiger partial charge is 0.376 e. The van der Waals surface area contributed by atoms with Crippen LogP contribution >= 0.6 is 15.9 Å². The molecule has 1 fully saturated rings. The first kappa shape index (κ1) is 21.8. The number of carbonyl (C=O) groups is 1. The van der Waals surface area contributed by atoms with Gasteiger partial charge in [-0.15, -0.1) is 0 Å². The number of nitrogens with zero attached hydrogens (tertiary/aromatic N) is 1. The molecule has 0 bridgehead atoms. The van der Waals surface area contributed by atoms with Gasteiger partial charge in [0.2, 0.25) is 0 Å². The summed E-state index contributed by atoms with van der Waals surface area (Å²) in [4.78, 5) is 14.7. The highest BCUT2D eigenvalue weighted by Crippen LogP contribution is 2.21. The molecule has 29 heavy (non-hydrogen) atoms. The number of piperidine rings is 1. The van der Waals surface area contributed by atoms with Gasteiger partial charge in [0.05, 0.1) is 11.0 Å². The molecule has 2 aromatic rings. The first-order valence-electron chi connectivity index (χ1n) is 9.68. The second-order valence-electron chi connectivity index (χ2n) is 7.03. The second-order valence-corrected chi connectivity index (χ2v) is 9.62. The van der Waals surface area contributed by atoms with E-state index in [1.807, 2.05) is 0 Å². The normalized spacial score (nSPS) is 17.2. The Bertz CT molecular complexity index is 947. The number of anilines is 1. The van der Waals surface area contributed by atoms with Gasteiger partial charge in [0.1, 0.15) is 0 Å². The van der Waals surface area contributed by atoms with Crippen LogP contribution in [0.25, 0.3) is 0 Å². The number of likely N-dealkylation sites (tertiary alicyclic amines) is 1. The molecule has 1 saturated heterocycles. The predicted molar refractivity (Wildman–Crippen MR) is 117 cm³/mol. The maximum absolute atomic E-state index is 12.9. The number of nitrogens with one attached hydrogen (secondary N) is 1. The fraction of sp³-hybridized carbons (Fsp3) is 0.381. The minimum Gasteiger partial charge on any atom is -0.376 e. The summed E-state index contributed by atoms with van der Waals surface area (Å²) in [6.07, 6.45) is 2.80. The molecule has 1 amide bonds. The van der Waals surface area contributed by atoms with Crippen LogP contribution in [0.4, 0.5) is 5.69 Å². The molecular weight excluding hydrogens is 456 g/mol. The molecular formula is C21H25BrN2O4S. The molecule has 1 aliphatic rings. The van der Waals surface area contributed by atoms with E-state index in [-0.39, 0.29) is 16.9 Å². The van der Waals surface area contributed by atoms with Gasteiger partial charge in [-0.05, 0) is 61.7 Å². The van der Waals surface area contributed by atoms with Crippen molar-refractivity contribution in [1.82, 2.24) is 4.90 Å². The zero-order valence-electron chi connectivity index (χ0n) is 16.3. The van der Waals surface area contributed by atoms with E-state index in [1.165, 1.54) is 12.1 Å². The monoisotopic (exact) mass is 480 g/mol. The molecule has 0 aliphatic carbocycles. The Hall–Kier alpha value is -1.90. The molecule has 3 rings (SSSR count). The predicted octanol–water partition coefficient (Wildman–Crippen LogP) is 4.28. The SMILES string of the molecule is CCCOC1CCCN(C(=O)c2cccc(S(=O)(=O)Nc3ccc(Br)cc3)c2)C1. The highest BCUT2D eigenvalue weighted by Gasteiger charge is 2.26. The summed E-state index contributed by atoms with van der Waals surface area (Å²) < 4.78 is 34.7. The Balaban J connectivity index is 1.74. The third kappa shape index (κ3) is 5.81. The maximum atomic E-state index is 12.9. The molecule has 156 valence electrons. The number of halogens is 1. The Morgan fingerprint density at radius 1 is 1.24 bits per heavy atom. The van der Waals surface area contributed by atoms with Crippen LogP contribution in [-0.4, -0.2) is 45.0 Å². The Morgan fingerprint density at radius 2 is 2.00 bits per heavy atom. The van der Waals surface area contributed by atoms with Crippen LogP contribution < -0.4 is 4.72 Å². The first-order chi connectivity index (χ1) is 13.9. The van der Waals surface area contributed by atoms with Crippen molar-refractivity contribution in [3.63, 3.8) is 0 Å². The number of benzene rings is 2. The van der Waals surface area contributed by atoms with Gasteiger partial charge >= 0.3 is 0 Å². The van der Waals surface area contributed by atoms with Crippen LogP contribution in [0.15, 0.2) is 57.9 Å². The number of hydrogen-bond donors (Lipinski definition) is 1. The minimum atomic E-state index is -3.80. The average molecular weight is 481 g/mol. The zero-order chi connectivity index (χ0) is 20.9. The van der Waals surface area contributed by atoms with E-state index < -0.39 is 10.0 Å². The van der Waals surface area contributed by atoms with Crippen LogP contribution in [0, 0.1) is 0 Å². The quantitative estimate of drug-likeness (QED) is 0.641. The summed E-state index contributed by atoms with van der Waals surface area (Å²) in [5.74, 6) is -0.171. The number of carbonyl (C=O) groups excluding carboxylic acids is 1. The van der Waals surface area contributed by atoms with Crippen LogP contribution in [0.3, 0.4) is 0 Å². The van der Waals surface area contributed by atoms with Gasteiger partial charge in [-0.1, -0.05) is 28.9 Å². The molecule has 1 aliphatic heterocycles. The van der Waals surface area contributed by atoms with Crippen LogP contribution in [0.5, 0.6) is 0 Å². The lowest BCUT2D eigenvalue weighted by molar-refractivity contribution is 0.00210. The lowest BCUT2D eigenvalue weighted by atomic mass is 10.1. The van der Waals surface area contributed by atoms with Crippen molar-refractivity contribution in [3.05, 3.63) is 58.6 Å². The van der Waals surface area contributed by atoms with Crippen molar-refractivity contribution >= 4 is 37.5 Å². The summed E-state index contributed by atoms with van der Waals surface area (Å²) >= 11 is 3.32. The second kappa shape index (κ2) is 9.73. The van der Waals surface area contributed by atoms with Crippen LogP contribution in [0.1, 0.15) is 36.5 Å². The van der Waals surface area contributed by atoms with Crippen LogP contribution in [0.2, 0.25) is 0 Å². The van der Waals surface area contributed by atoms with Crippen molar-refractivity contribution in [2.75, 3.05) is 24.4 Å². The maximum Gasteiger partial charge on any atom is 0.261 e. The van der Waals surface area contributed by atoms with Crippen molar-refractivity contribution < 1.29 is 17.9 Å². The average Bonchev–Trinajstić information content (AvgIpc) is 2.73. The number of hydrogen-bond acceptors (Lipinski definition) is 4. The van der Waals surface area contributed by atoms with Gasteiger partial charge < -0.3 is 9.64 Å². The molecule has 0 radical (unpaired) electrons. The summed E-state index contributed by atoms with van der Waals surface area (Å²) in [6, 6.07) is 13.0. The van der Waals surface area contributed by atoms with E-state index in [9.17, 15) is 13.2 Å². The van der Waals surface area contributed by atoms with Gasteiger partial charge in [0.15, 0.2) is 0 Å². The summed E-state index contributed by atoms with van der Waals surface area (Å²) in [7, 11) is -3.80. The van der Waals surface area contributed by atoms with E-state index in [2.05, 4.69) is 27.6 Å². The Labute approximate surface area is 180 Å². The minimum absolute atomic E-state index is 0.0404. The zero-order valence-corrected chi connectivity index (χ0v) is 18.7. The molecule has 6 nitrogen and oxygen atoms in total. The van der Waals surface area contributed by atoms with Crippen molar-refractivity contribution in [2.24, 2.45) is 0 Å². The van der Waals surface area contributed by atoms with E-state index in [0.29, 0.717) is 30.9 Å². The van der Waals surface area contributed by atoms with Crippen LogP contribution in [-0.2, 0) is 14.8 Å². The third-order valence-corrected chi connectivity index (χ3v) is 6.62. The van der Waals surface area contributed by atoms with E-state index in [4.69, 9.17) is 4.74 Å². The highest BCUT2D eigenvalue weighted by molar-refractivity contribution is 9.10. The summed E-state index contributed by atoms with van der Waals surface area (Å²) in [6.45, 7) is 3.92. The number of sulfonamides is 1. The number of amides is 1. The third-order valence-electron chi connectivity index (χ3n) is 4.71. The van der Waals surface area contributed by atoms with Gasteiger partial charge in [-0.2, -0.15) is 0 Å².